The van der Waals surface area contributed by atoms with Gasteiger partial charge in [0.15, 0.2) is 0 Å². The first-order valence-electron chi connectivity index (χ1n) is 8.05. The minimum atomic E-state index is -1.76. The van der Waals surface area contributed by atoms with Crippen LogP contribution in [0, 0.1) is 11.7 Å². The molecule has 0 spiro atoms. The van der Waals surface area contributed by atoms with Crippen LogP contribution < -0.4 is 24.3 Å². The molecule has 0 aliphatic carbocycles. The predicted octanol–water partition coefficient (Wildman–Crippen LogP) is 0.923. The normalized spacial score (nSPS) is 11.0. The second-order valence-corrected chi connectivity index (χ2v) is 5.92. The number of hydrogen-bond acceptors (Lipinski definition) is 2. The molecule has 0 saturated heterocycles. The van der Waals surface area contributed by atoms with Crippen molar-refractivity contribution in [1.82, 2.24) is 0 Å². The molecule has 0 amide bonds. The van der Waals surface area contributed by atoms with E-state index in [4.69, 9.17) is 9.31 Å². The van der Waals surface area contributed by atoms with E-state index in [1.807, 2.05) is 58.0 Å². The molecular weight excluding hydrogens is 266 g/mol. The summed E-state index contributed by atoms with van der Waals surface area (Å²) in [5, 5.41) is 0. The molecule has 0 radical (unpaired) electrons. The third-order valence-electron chi connectivity index (χ3n) is 3.11. The zero-order chi connectivity index (χ0) is 15.7. The smallest absolute Gasteiger partial charge is 0.552 e. The average molecular weight is 294 g/mol. The van der Waals surface area contributed by atoms with Crippen LogP contribution in [0.4, 0.5) is 0 Å². The van der Waals surface area contributed by atoms with Crippen LogP contribution in [0.2, 0.25) is 0 Å². The number of rotatable bonds is 7. The summed E-state index contributed by atoms with van der Waals surface area (Å²) in [6.07, 6.45) is 3.26. The SMILES string of the molecule is CCCCC#C[B-](OC(C)C)(OC(C)C)c1ccccc1.[Li+]. The molecule has 1 aromatic rings. The molecule has 1 rings (SSSR count). The Morgan fingerprint density at radius 3 is 2.00 bits per heavy atom. The van der Waals surface area contributed by atoms with Crippen LogP contribution in [0.15, 0.2) is 30.3 Å². The van der Waals surface area contributed by atoms with Crippen molar-refractivity contribution < 1.29 is 28.2 Å². The van der Waals surface area contributed by atoms with E-state index in [-0.39, 0.29) is 31.1 Å². The van der Waals surface area contributed by atoms with Crippen LogP contribution >= 0.6 is 0 Å². The number of unbranched alkanes of at least 4 members (excludes halogenated alkanes) is 2. The molecule has 0 aromatic heterocycles. The van der Waals surface area contributed by atoms with Crippen LogP contribution in [-0.2, 0) is 9.31 Å². The third-order valence-corrected chi connectivity index (χ3v) is 3.11. The van der Waals surface area contributed by atoms with Gasteiger partial charge in [-0.15, -0.1) is 11.4 Å². The van der Waals surface area contributed by atoms with Gasteiger partial charge in [-0.25, -0.2) is 5.82 Å². The first-order valence-corrected chi connectivity index (χ1v) is 8.05. The van der Waals surface area contributed by atoms with Gasteiger partial charge in [-0.3, -0.25) is 0 Å². The van der Waals surface area contributed by atoms with Gasteiger partial charge in [-0.2, -0.15) is 0 Å². The van der Waals surface area contributed by atoms with Crippen LogP contribution in [0.1, 0.15) is 53.9 Å². The third kappa shape index (κ3) is 7.08. The first kappa shape index (κ1) is 21.4. The van der Waals surface area contributed by atoms with Crippen LogP contribution in [0.5, 0.6) is 0 Å². The maximum Gasteiger partial charge on any atom is 1.00 e. The van der Waals surface area contributed by atoms with Crippen molar-refractivity contribution in [3.63, 3.8) is 0 Å². The van der Waals surface area contributed by atoms with Crippen molar-refractivity contribution in [2.75, 3.05) is 0 Å². The fourth-order valence-electron chi connectivity index (χ4n) is 2.29. The Balaban J connectivity index is 0.00000441. The van der Waals surface area contributed by atoms with Gasteiger partial charge in [-0.05, 0) is 34.1 Å². The minimum absolute atomic E-state index is 0. The standard InChI is InChI=1S/C18H28BO2.Li/c1-6-7-8-12-15-19(20-16(2)3,21-17(4)5)18-13-10-9-11-14-18;/h9-11,13-14,16-17H,6-8H2,1-5H3;/q-1;+1. The quantitative estimate of drug-likeness (QED) is 0.423. The van der Waals surface area contributed by atoms with Gasteiger partial charge in [-0.1, -0.05) is 43.7 Å². The predicted molar refractivity (Wildman–Crippen MR) is 91.6 cm³/mol. The maximum atomic E-state index is 6.18. The summed E-state index contributed by atoms with van der Waals surface area (Å²) < 4.78 is 12.4. The summed E-state index contributed by atoms with van der Waals surface area (Å²) >= 11 is 0. The Labute approximate surface area is 148 Å². The first-order chi connectivity index (χ1) is 10.00. The molecule has 1 aromatic carbocycles. The summed E-state index contributed by atoms with van der Waals surface area (Å²) in [7, 11) is 0. The van der Waals surface area contributed by atoms with E-state index >= 15 is 0 Å². The van der Waals surface area contributed by atoms with Gasteiger partial charge in [0.25, 0.3) is 0 Å². The van der Waals surface area contributed by atoms with Crippen molar-refractivity contribution >= 4 is 12.0 Å². The van der Waals surface area contributed by atoms with Gasteiger partial charge in [0.1, 0.15) is 0 Å². The van der Waals surface area contributed by atoms with Crippen LogP contribution in [-0.4, -0.2) is 18.8 Å². The van der Waals surface area contributed by atoms with Crippen molar-refractivity contribution in [3.8, 4) is 11.7 Å². The summed E-state index contributed by atoms with van der Waals surface area (Å²) in [6.45, 7) is 8.52. The monoisotopic (exact) mass is 294 g/mol. The zero-order valence-corrected chi connectivity index (χ0v) is 15.1. The fourth-order valence-corrected chi connectivity index (χ4v) is 2.29. The summed E-state index contributed by atoms with van der Waals surface area (Å²) in [6, 6.07) is 10.1. The molecule has 2 nitrogen and oxygen atoms in total. The molecule has 0 heterocycles. The largest absolute Gasteiger partial charge is 1.00 e. The van der Waals surface area contributed by atoms with Crippen molar-refractivity contribution in [3.05, 3.63) is 30.3 Å². The molecule has 4 heteroatoms. The molecule has 0 N–H and O–H groups in total. The minimum Gasteiger partial charge on any atom is -0.552 e. The van der Waals surface area contributed by atoms with E-state index in [9.17, 15) is 0 Å². The average Bonchev–Trinajstić information content (AvgIpc) is 2.43. The Bertz CT molecular complexity index is 453. The van der Waals surface area contributed by atoms with Gasteiger partial charge in [0.2, 0.25) is 0 Å². The van der Waals surface area contributed by atoms with E-state index in [0.29, 0.717) is 0 Å². The molecule has 0 unspecified atom stereocenters. The molecule has 0 aliphatic rings. The van der Waals surface area contributed by atoms with Crippen molar-refractivity contribution in [2.24, 2.45) is 0 Å². The van der Waals surface area contributed by atoms with Crippen LogP contribution in [0.3, 0.4) is 0 Å². The molecule has 0 atom stereocenters. The van der Waals surface area contributed by atoms with E-state index in [1.54, 1.807) is 0 Å². The number of benzene rings is 1. The Morgan fingerprint density at radius 2 is 1.55 bits per heavy atom. The van der Waals surface area contributed by atoms with E-state index in [2.05, 4.69) is 18.7 Å². The molecular formula is C18H28BLiO2. The van der Waals surface area contributed by atoms with E-state index in [1.165, 1.54) is 0 Å². The molecule has 0 saturated carbocycles. The van der Waals surface area contributed by atoms with Gasteiger partial charge in [0.05, 0.1) is 0 Å². The van der Waals surface area contributed by atoms with Crippen molar-refractivity contribution in [1.29, 1.82) is 0 Å². The van der Waals surface area contributed by atoms with Gasteiger partial charge >= 0.3 is 25.4 Å². The number of hydrogen-bond donors (Lipinski definition) is 0. The second-order valence-electron chi connectivity index (χ2n) is 5.92. The van der Waals surface area contributed by atoms with E-state index in [0.717, 1.165) is 24.7 Å². The molecule has 0 aliphatic heterocycles. The topological polar surface area (TPSA) is 18.5 Å². The Morgan fingerprint density at radius 1 is 1.00 bits per heavy atom. The Hall–Kier alpha value is -0.638. The summed E-state index contributed by atoms with van der Waals surface area (Å²) in [4.78, 5) is 0. The molecule has 0 bridgehead atoms. The Kier molecular flexibility index (Phi) is 10.7. The molecule has 116 valence electrons. The maximum absolute atomic E-state index is 6.18. The molecule has 22 heavy (non-hydrogen) atoms. The van der Waals surface area contributed by atoms with Crippen LogP contribution in [0.25, 0.3) is 0 Å². The molecule has 0 fully saturated rings. The van der Waals surface area contributed by atoms with Crippen molar-refractivity contribution in [2.45, 2.75) is 66.1 Å². The summed E-state index contributed by atoms with van der Waals surface area (Å²) in [5.41, 5.74) is 1.02. The van der Waals surface area contributed by atoms with Gasteiger partial charge in [0, 0.05) is 18.6 Å². The fraction of sp³-hybridized carbons (Fsp3) is 0.556. The zero-order valence-electron chi connectivity index (χ0n) is 15.1. The second kappa shape index (κ2) is 11.0. The summed E-state index contributed by atoms with van der Waals surface area (Å²) in [5.74, 6) is 6.58. The van der Waals surface area contributed by atoms with Gasteiger partial charge < -0.3 is 9.31 Å². The van der Waals surface area contributed by atoms with E-state index < -0.39 is 6.55 Å².